The molecular weight excluding hydrogens is 132 g/mol. The van der Waals surface area contributed by atoms with Crippen molar-refractivity contribution in [2.75, 3.05) is 6.61 Å². The molecule has 3 nitrogen and oxygen atoms in total. The van der Waals surface area contributed by atoms with E-state index in [1.54, 1.807) is 13.8 Å². The maximum Gasteiger partial charge on any atom is 0.341 e. The van der Waals surface area contributed by atoms with Gasteiger partial charge < -0.3 is 4.74 Å². The molecule has 0 N–H and O–H groups in total. The maximum absolute atomic E-state index is 11.1. The minimum absolute atomic E-state index is 0.270. The lowest BCUT2D eigenvalue weighted by Crippen LogP contribution is -2.34. The van der Waals surface area contributed by atoms with Crippen molar-refractivity contribution in [3.63, 3.8) is 0 Å². The molecule has 0 aromatic carbocycles. The highest BCUT2D eigenvalue weighted by Crippen LogP contribution is 2.10. The molecule has 0 spiro atoms. The van der Waals surface area contributed by atoms with Gasteiger partial charge in [-0.15, -0.1) is 0 Å². The number of rotatable bonds is 3. The first-order valence-electron chi connectivity index (χ1n) is 3.42. The van der Waals surface area contributed by atoms with Crippen LogP contribution in [0.4, 0.5) is 0 Å². The Morgan fingerprint density at radius 3 is 2.30 bits per heavy atom. The van der Waals surface area contributed by atoms with E-state index in [4.69, 9.17) is 0 Å². The van der Waals surface area contributed by atoms with E-state index < -0.39 is 11.6 Å². The Hall–Kier alpha value is -0.570. The molecule has 0 aromatic heterocycles. The normalized spacial score (nSPS) is 16.0. The molecule has 3 heteroatoms. The number of esters is 1. The van der Waals surface area contributed by atoms with Crippen molar-refractivity contribution in [3.05, 3.63) is 0 Å². The van der Waals surface area contributed by atoms with Crippen molar-refractivity contribution < 1.29 is 14.6 Å². The average Bonchev–Trinajstić information content (AvgIpc) is 1.89. The molecule has 0 aliphatic carbocycles. The highest BCUT2D eigenvalue weighted by molar-refractivity contribution is 5.78. The molecule has 0 saturated carbocycles. The average molecular weight is 145 g/mol. The van der Waals surface area contributed by atoms with E-state index in [9.17, 15) is 9.90 Å². The first-order chi connectivity index (χ1) is 4.54. The van der Waals surface area contributed by atoms with Crippen LogP contribution in [0.2, 0.25) is 0 Å². The third-order valence-corrected chi connectivity index (χ3v) is 1.38. The van der Waals surface area contributed by atoms with E-state index in [-0.39, 0.29) is 13.0 Å². The monoisotopic (exact) mass is 145 g/mol. The largest absolute Gasteiger partial charge is 0.464 e. The van der Waals surface area contributed by atoms with Crippen LogP contribution in [0.25, 0.3) is 0 Å². The number of ether oxygens (including phenoxy) is 1. The lowest BCUT2D eigenvalue weighted by molar-refractivity contribution is -0.170. The fourth-order valence-electron chi connectivity index (χ4n) is 0.428. The van der Waals surface area contributed by atoms with E-state index in [2.05, 4.69) is 4.74 Å². The summed E-state index contributed by atoms with van der Waals surface area (Å²) in [5, 5.41) is 11.1. The first kappa shape index (κ1) is 9.43. The van der Waals surface area contributed by atoms with E-state index in [1.165, 1.54) is 6.92 Å². The van der Waals surface area contributed by atoms with Crippen molar-refractivity contribution in [1.82, 2.24) is 0 Å². The molecule has 0 aliphatic heterocycles. The molecule has 1 atom stereocenters. The summed E-state index contributed by atoms with van der Waals surface area (Å²) in [4.78, 5) is 10.8. The van der Waals surface area contributed by atoms with Crippen LogP contribution in [-0.2, 0) is 14.6 Å². The Balaban J connectivity index is 3.91. The number of hydrogen-bond acceptors (Lipinski definition) is 2. The predicted molar refractivity (Wildman–Crippen MR) is 36.0 cm³/mol. The van der Waals surface area contributed by atoms with Crippen LogP contribution in [0.1, 0.15) is 27.2 Å². The van der Waals surface area contributed by atoms with Gasteiger partial charge in [-0.05, 0) is 20.3 Å². The molecule has 0 aliphatic rings. The fourth-order valence-corrected chi connectivity index (χ4v) is 0.428. The van der Waals surface area contributed by atoms with Gasteiger partial charge in [-0.3, -0.25) is 0 Å². The van der Waals surface area contributed by atoms with Crippen molar-refractivity contribution >= 4 is 5.97 Å². The van der Waals surface area contributed by atoms with Gasteiger partial charge in [0, 0.05) is 0 Å². The molecule has 0 amide bonds. The highest BCUT2D eigenvalue weighted by Gasteiger charge is 2.31. The summed E-state index contributed by atoms with van der Waals surface area (Å²) in [6, 6.07) is 0. The van der Waals surface area contributed by atoms with Crippen LogP contribution in [0.5, 0.6) is 0 Å². The minimum Gasteiger partial charge on any atom is -0.464 e. The van der Waals surface area contributed by atoms with Gasteiger partial charge in [-0.1, -0.05) is 6.92 Å². The quantitative estimate of drug-likeness (QED) is 0.559. The second-order valence-electron chi connectivity index (χ2n) is 2.30. The van der Waals surface area contributed by atoms with Crippen molar-refractivity contribution in [3.8, 4) is 0 Å². The smallest absolute Gasteiger partial charge is 0.341 e. The van der Waals surface area contributed by atoms with Crippen molar-refractivity contribution in [2.24, 2.45) is 0 Å². The Morgan fingerprint density at radius 1 is 1.50 bits per heavy atom. The molecule has 1 unspecified atom stereocenters. The van der Waals surface area contributed by atoms with E-state index in [0.717, 1.165) is 0 Å². The SMILES string of the molecule is CCOC(=O)C(C)([O])CC. The van der Waals surface area contributed by atoms with E-state index in [1.807, 2.05) is 0 Å². The number of carbonyl (C=O) groups is 1. The first-order valence-corrected chi connectivity index (χ1v) is 3.42. The van der Waals surface area contributed by atoms with Gasteiger partial charge in [0.1, 0.15) is 0 Å². The van der Waals surface area contributed by atoms with Crippen LogP contribution in [0.3, 0.4) is 0 Å². The molecular formula is C7H13O3. The molecule has 1 radical (unpaired) electrons. The summed E-state index contributed by atoms with van der Waals surface area (Å²) in [6.07, 6.45) is 0.270. The molecule has 0 saturated heterocycles. The Labute approximate surface area is 61.0 Å². The Morgan fingerprint density at radius 2 is 2.00 bits per heavy atom. The maximum atomic E-state index is 11.1. The molecule has 59 valence electrons. The summed E-state index contributed by atoms with van der Waals surface area (Å²) in [7, 11) is 0. The molecule has 0 heterocycles. The minimum atomic E-state index is -1.56. The van der Waals surface area contributed by atoms with E-state index >= 15 is 0 Å². The second kappa shape index (κ2) is 3.56. The zero-order valence-corrected chi connectivity index (χ0v) is 6.64. The molecule has 10 heavy (non-hydrogen) atoms. The zero-order chi connectivity index (χ0) is 8.20. The van der Waals surface area contributed by atoms with Crippen LogP contribution in [0, 0.1) is 0 Å². The summed E-state index contributed by atoms with van der Waals surface area (Å²) in [6.45, 7) is 4.97. The highest BCUT2D eigenvalue weighted by atomic mass is 16.5. The summed E-state index contributed by atoms with van der Waals surface area (Å²) >= 11 is 0. The second-order valence-corrected chi connectivity index (χ2v) is 2.30. The van der Waals surface area contributed by atoms with Crippen molar-refractivity contribution in [1.29, 1.82) is 0 Å². The third kappa shape index (κ3) is 2.35. The van der Waals surface area contributed by atoms with E-state index in [0.29, 0.717) is 0 Å². The van der Waals surface area contributed by atoms with Gasteiger partial charge >= 0.3 is 5.97 Å². The van der Waals surface area contributed by atoms with Crippen LogP contribution in [0.15, 0.2) is 0 Å². The number of hydrogen-bond donors (Lipinski definition) is 0. The number of carbonyl (C=O) groups excluding carboxylic acids is 1. The molecule has 0 fully saturated rings. The zero-order valence-electron chi connectivity index (χ0n) is 6.64. The van der Waals surface area contributed by atoms with Crippen LogP contribution < -0.4 is 0 Å². The van der Waals surface area contributed by atoms with Crippen LogP contribution >= 0.6 is 0 Å². The lowest BCUT2D eigenvalue weighted by Gasteiger charge is -2.15. The summed E-state index contributed by atoms with van der Waals surface area (Å²) in [5.74, 6) is -0.655. The summed E-state index contributed by atoms with van der Waals surface area (Å²) in [5.41, 5.74) is -1.56. The Kier molecular flexibility index (Phi) is 3.36. The topological polar surface area (TPSA) is 46.2 Å². The van der Waals surface area contributed by atoms with Gasteiger partial charge in [0.2, 0.25) is 0 Å². The lowest BCUT2D eigenvalue weighted by atomic mass is 10.1. The standard InChI is InChI=1S/C7H13O3/c1-4-7(3,9)6(8)10-5-2/h4-5H2,1-3H3. The van der Waals surface area contributed by atoms with Gasteiger partial charge in [-0.25, -0.2) is 9.90 Å². The van der Waals surface area contributed by atoms with Gasteiger partial charge in [0.15, 0.2) is 5.60 Å². The third-order valence-electron chi connectivity index (χ3n) is 1.38. The van der Waals surface area contributed by atoms with Crippen LogP contribution in [-0.4, -0.2) is 18.2 Å². The molecule has 0 rings (SSSR count). The van der Waals surface area contributed by atoms with Crippen molar-refractivity contribution in [2.45, 2.75) is 32.8 Å². The van der Waals surface area contributed by atoms with Gasteiger partial charge in [0.05, 0.1) is 6.61 Å². The van der Waals surface area contributed by atoms with Gasteiger partial charge in [0.25, 0.3) is 0 Å². The fraction of sp³-hybridized carbons (Fsp3) is 0.857. The Bertz CT molecular complexity index is 118. The summed E-state index contributed by atoms with van der Waals surface area (Å²) < 4.78 is 4.55. The predicted octanol–water partition coefficient (Wildman–Crippen LogP) is 1.15. The molecule has 0 bridgehead atoms. The van der Waals surface area contributed by atoms with Gasteiger partial charge in [-0.2, -0.15) is 0 Å². The molecule has 0 aromatic rings.